The second kappa shape index (κ2) is 6.26. The predicted octanol–water partition coefficient (Wildman–Crippen LogP) is 2.68. The van der Waals surface area contributed by atoms with E-state index in [0.717, 1.165) is 31.2 Å². The standard InChI is InChI=1S/C16H22N2O3/c1-11-5-6-12(15(20)21)9-13(11)18-14(19)10-16(17)7-3-2-4-8-16/h5-6,9H,2-4,7-8,10,17H2,1H3,(H,18,19)(H,20,21). The van der Waals surface area contributed by atoms with Crippen molar-refractivity contribution in [2.75, 3.05) is 5.32 Å². The Morgan fingerprint density at radius 1 is 1.29 bits per heavy atom. The predicted molar refractivity (Wildman–Crippen MR) is 81.4 cm³/mol. The van der Waals surface area contributed by atoms with Crippen molar-refractivity contribution in [3.63, 3.8) is 0 Å². The van der Waals surface area contributed by atoms with Crippen LogP contribution in [-0.4, -0.2) is 22.5 Å². The highest BCUT2D eigenvalue weighted by atomic mass is 16.4. The highest BCUT2D eigenvalue weighted by molar-refractivity contribution is 5.95. The lowest BCUT2D eigenvalue weighted by atomic mass is 9.80. The minimum absolute atomic E-state index is 0.148. The van der Waals surface area contributed by atoms with Gasteiger partial charge in [-0.1, -0.05) is 25.3 Å². The summed E-state index contributed by atoms with van der Waals surface area (Å²) in [6, 6.07) is 4.70. The van der Waals surface area contributed by atoms with E-state index in [2.05, 4.69) is 5.32 Å². The van der Waals surface area contributed by atoms with Gasteiger partial charge in [-0.15, -0.1) is 0 Å². The van der Waals surface area contributed by atoms with Crippen LogP contribution in [0.5, 0.6) is 0 Å². The maximum absolute atomic E-state index is 12.2. The molecule has 1 aromatic carbocycles. The highest BCUT2D eigenvalue weighted by Crippen LogP contribution is 2.29. The number of hydrogen-bond donors (Lipinski definition) is 3. The number of benzene rings is 1. The molecule has 1 aliphatic rings. The molecule has 2 rings (SSSR count). The summed E-state index contributed by atoms with van der Waals surface area (Å²) in [5, 5.41) is 11.8. The van der Waals surface area contributed by atoms with Crippen LogP contribution in [0.25, 0.3) is 0 Å². The number of anilines is 1. The van der Waals surface area contributed by atoms with Gasteiger partial charge in [0.2, 0.25) is 5.91 Å². The van der Waals surface area contributed by atoms with Gasteiger partial charge in [-0.25, -0.2) is 4.79 Å². The molecule has 1 aliphatic carbocycles. The summed E-state index contributed by atoms with van der Waals surface area (Å²) in [7, 11) is 0. The summed E-state index contributed by atoms with van der Waals surface area (Å²) < 4.78 is 0. The van der Waals surface area contributed by atoms with Gasteiger partial charge >= 0.3 is 5.97 Å². The zero-order chi connectivity index (χ0) is 15.5. The maximum atomic E-state index is 12.2. The molecule has 5 heteroatoms. The molecule has 0 heterocycles. The number of carbonyl (C=O) groups is 2. The largest absolute Gasteiger partial charge is 0.478 e. The normalized spacial score (nSPS) is 17.2. The Labute approximate surface area is 124 Å². The topological polar surface area (TPSA) is 92.4 Å². The minimum Gasteiger partial charge on any atom is -0.478 e. The van der Waals surface area contributed by atoms with E-state index in [0.29, 0.717) is 5.69 Å². The molecule has 0 spiro atoms. The van der Waals surface area contributed by atoms with Crippen LogP contribution < -0.4 is 11.1 Å². The average molecular weight is 290 g/mol. The quantitative estimate of drug-likeness (QED) is 0.795. The van der Waals surface area contributed by atoms with Gasteiger partial charge in [0.15, 0.2) is 0 Å². The molecule has 1 saturated carbocycles. The number of carboxylic acids is 1. The number of nitrogens with one attached hydrogen (secondary N) is 1. The number of hydrogen-bond acceptors (Lipinski definition) is 3. The molecule has 4 N–H and O–H groups in total. The number of aromatic carboxylic acids is 1. The first-order valence-corrected chi connectivity index (χ1v) is 7.32. The van der Waals surface area contributed by atoms with Gasteiger partial charge in [0.05, 0.1) is 5.56 Å². The molecule has 1 fully saturated rings. The molecule has 1 amide bonds. The van der Waals surface area contributed by atoms with E-state index in [-0.39, 0.29) is 17.9 Å². The Hall–Kier alpha value is -1.88. The van der Waals surface area contributed by atoms with Gasteiger partial charge in [0.1, 0.15) is 0 Å². The van der Waals surface area contributed by atoms with E-state index in [1.165, 1.54) is 18.6 Å². The zero-order valence-electron chi connectivity index (χ0n) is 12.3. The fraction of sp³-hybridized carbons (Fsp3) is 0.500. The lowest BCUT2D eigenvalue weighted by Gasteiger charge is -2.32. The van der Waals surface area contributed by atoms with Crippen molar-refractivity contribution in [3.05, 3.63) is 29.3 Å². The zero-order valence-corrected chi connectivity index (χ0v) is 12.3. The molecule has 0 aromatic heterocycles. The first kappa shape index (κ1) is 15.5. The van der Waals surface area contributed by atoms with E-state index in [1.54, 1.807) is 6.07 Å². The number of aryl methyl sites for hydroxylation is 1. The Morgan fingerprint density at radius 3 is 2.57 bits per heavy atom. The fourth-order valence-corrected chi connectivity index (χ4v) is 2.84. The van der Waals surface area contributed by atoms with Crippen molar-refractivity contribution in [2.45, 2.75) is 51.0 Å². The van der Waals surface area contributed by atoms with Crippen molar-refractivity contribution in [1.29, 1.82) is 0 Å². The van der Waals surface area contributed by atoms with Gasteiger partial charge < -0.3 is 16.2 Å². The van der Waals surface area contributed by atoms with E-state index in [1.807, 2.05) is 6.92 Å². The number of carboxylic acid groups (broad SMARTS) is 1. The van der Waals surface area contributed by atoms with Crippen LogP contribution in [0.3, 0.4) is 0 Å². The molecule has 0 unspecified atom stereocenters. The van der Waals surface area contributed by atoms with Crippen LogP contribution in [0, 0.1) is 6.92 Å². The van der Waals surface area contributed by atoms with Crippen molar-refractivity contribution in [3.8, 4) is 0 Å². The van der Waals surface area contributed by atoms with Crippen molar-refractivity contribution in [2.24, 2.45) is 5.73 Å². The third-order valence-corrected chi connectivity index (χ3v) is 4.12. The number of nitrogens with two attached hydrogens (primary N) is 1. The summed E-state index contributed by atoms with van der Waals surface area (Å²) >= 11 is 0. The number of carbonyl (C=O) groups excluding carboxylic acids is 1. The highest BCUT2D eigenvalue weighted by Gasteiger charge is 2.30. The van der Waals surface area contributed by atoms with Crippen LogP contribution in [0.2, 0.25) is 0 Å². The third-order valence-electron chi connectivity index (χ3n) is 4.12. The van der Waals surface area contributed by atoms with E-state index < -0.39 is 11.5 Å². The summed E-state index contributed by atoms with van der Waals surface area (Å²) in [6.07, 6.45) is 5.34. The van der Waals surface area contributed by atoms with Crippen LogP contribution in [-0.2, 0) is 4.79 Å². The molecular formula is C16H22N2O3. The molecule has 0 radical (unpaired) electrons. The molecule has 0 saturated heterocycles. The van der Waals surface area contributed by atoms with Crippen molar-refractivity contribution < 1.29 is 14.7 Å². The monoisotopic (exact) mass is 290 g/mol. The summed E-state index contributed by atoms with van der Waals surface area (Å²) in [5.74, 6) is -1.15. The van der Waals surface area contributed by atoms with Crippen LogP contribution in [0.4, 0.5) is 5.69 Å². The van der Waals surface area contributed by atoms with Gasteiger partial charge in [0.25, 0.3) is 0 Å². The SMILES string of the molecule is Cc1ccc(C(=O)O)cc1NC(=O)CC1(N)CCCCC1. The Morgan fingerprint density at radius 2 is 1.95 bits per heavy atom. The molecule has 0 bridgehead atoms. The minimum atomic E-state index is -1.01. The number of rotatable bonds is 4. The first-order valence-electron chi connectivity index (χ1n) is 7.32. The van der Waals surface area contributed by atoms with Gasteiger partial charge in [-0.3, -0.25) is 4.79 Å². The Balaban J connectivity index is 2.05. The molecule has 114 valence electrons. The lowest BCUT2D eigenvalue weighted by Crippen LogP contribution is -2.44. The van der Waals surface area contributed by atoms with Crippen LogP contribution in [0.15, 0.2) is 18.2 Å². The number of amides is 1. The van der Waals surface area contributed by atoms with Gasteiger partial charge in [-0.05, 0) is 37.5 Å². The maximum Gasteiger partial charge on any atom is 0.335 e. The molecular weight excluding hydrogens is 268 g/mol. The van der Waals surface area contributed by atoms with Gasteiger partial charge in [0, 0.05) is 17.6 Å². The molecule has 5 nitrogen and oxygen atoms in total. The Bertz CT molecular complexity index is 548. The van der Waals surface area contributed by atoms with Crippen molar-refractivity contribution >= 4 is 17.6 Å². The molecule has 1 aromatic rings. The molecule has 21 heavy (non-hydrogen) atoms. The van der Waals surface area contributed by atoms with E-state index in [9.17, 15) is 9.59 Å². The molecule has 0 atom stereocenters. The summed E-state index contributed by atoms with van der Waals surface area (Å²) in [4.78, 5) is 23.2. The average Bonchev–Trinajstić information content (AvgIpc) is 2.41. The summed E-state index contributed by atoms with van der Waals surface area (Å²) in [5.41, 5.74) is 7.40. The fourth-order valence-electron chi connectivity index (χ4n) is 2.84. The second-order valence-electron chi connectivity index (χ2n) is 5.98. The molecule has 0 aliphatic heterocycles. The van der Waals surface area contributed by atoms with Crippen LogP contribution in [0.1, 0.15) is 54.4 Å². The van der Waals surface area contributed by atoms with Crippen molar-refractivity contribution in [1.82, 2.24) is 0 Å². The smallest absolute Gasteiger partial charge is 0.335 e. The van der Waals surface area contributed by atoms with E-state index >= 15 is 0 Å². The second-order valence-corrected chi connectivity index (χ2v) is 5.98. The first-order chi connectivity index (χ1) is 9.89. The lowest BCUT2D eigenvalue weighted by molar-refractivity contribution is -0.117. The van der Waals surface area contributed by atoms with E-state index in [4.69, 9.17) is 10.8 Å². The van der Waals surface area contributed by atoms with Gasteiger partial charge in [-0.2, -0.15) is 0 Å². The van der Waals surface area contributed by atoms with Crippen LogP contribution >= 0.6 is 0 Å². The third kappa shape index (κ3) is 4.04. The summed E-state index contributed by atoms with van der Waals surface area (Å²) in [6.45, 7) is 1.83. The Kier molecular flexibility index (Phi) is 4.63.